The van der Waals surface area contributed by atoms with E-state index < -0.39 is 0 Å². The zero-order valence-electron chi connectivity index (χ0n) is 2.81. The average Bonchev–Trinajstić information content (AvgIpc) is 0. The predicted molar refractivity (Wildman–Crippen MR) is 24.3 cm³/mol. The van der Waals surface area contributed by atoms with E-state index in [4.69, 9.17) is 0 Å². The molecule has 0 saturated heterocycles. The fourth-order valence-corrected chi connectivity index (χ4v) is 0. The molecule has 1 atom stereocenters. The smallest absolute Gasteiger partial charge is 0.870 e. The second-order valence-electron chi connectivity index (χ2n) is 0. The van der Waals surface area contributed by atoms with E-state index >= 15 is 0 Å². The Kier molecular flexibility index (Phi) is 781. The summed E-state index contributed by atoms with van der Waals surface area (Å²) in [6.07, 6.45) is 0. The summed E-state index contributed by atoms with van der Waals surface area (Å²) in [5, 5.41) is 0. The zero-order chi connectivity index (χ0) is 0. The minimum Gasteiger partial charge on any atom is -0.870 e. The van der Waals surface area contributed by atoms with Crippen LogP contribution in [0, 0.1) is 0 Å². The number of hydrogen-bond donors (Lipinski definition) is 0. The molecule has 5 heavy (non-hydrogen) atoms. The largest absolute Gasteiger partial charge is 2.00 e. The van der Waals surface area contributed by atoms with Crippen LogP contribution in [-0.4, -0.2) is 54.2 Å². The van der Waals surface area contributed by atoms with Crippen molar-refractivity contribution in [2.24, 2.45) is 0 Å². The van der Waals surface area contributed by atoms with E-state index in [2.05, 4.69) is 0 Å². The molecule has 0 aliphatic rings. The summed E-state index contributed by atoms with van der Waals surface area (Å²) in [5.74, 6) is 0. The van der Waals surface area contributed by atoms with Gasteiger partial charge < -0.3 is 16.4 Å². The first kappa shape index (κ1) is 82.7. The summed E-state index contributed by atoms with van der Waals surface area (Å²) in [6, 6.07) is 0. The maximum atomic E-state index is 0. The van der Waals surface area contributed by atoms with Gasteiger partial charge in [0.25, 0.3) is 0 Å². The Bertz CT molecular complexity index is 6.85. The first-order chi connectivity index (χ1) is 0. The molecule has 0 fully saturated rings. The molecule has 0 aromatic carbocycles. The Labute approximate surface area is 63.7 Å². The van der Waals surface area contributed by atoms with Crippen LogP contribution < -0.4 is 0 Å². The van der Waals surface area contributed by atoms with Gasteiger partial charge in [0.05, 0.1) is 0 Å². The third-order valence-corrected chi connectivity index (χ3v) is 0. The van der Waals surface area contributed by atoms with Crippen LogP contribution >= 0.6 is 9.90 Å². The molecule has 0 aliphatic heterocycles. The number of hydrogen-bond acceptors (Lipinski definition) is 2. The molecule has 5 heteroatoms. The van der Waals surface area contributed by atoms with Crippen molar-refractivity contribution in [3.8, 4) is 0 Å². The Morgan fingerprint density at radius 2 is 0.800 bits per heavy atom. The molecule has 0 aromatic heterocycles. The standard InChI is InChI=1S/Ca.3H2O.H3P/h;3*1H2;1H3/q+2;;;;/p-2. The molecule has 0 bridgehead atoms. The van der Waals surface area contributed by atoms with Crippen molar-refractivity contribution in [1.29, 1.82) is 0 Å². The fraction of sp³-hybridized carbons (Fsp3) is 0. The van der Waals surface area contributed by atoms with Gasteiger partial charge in [0.2, 0.25) is 0 Å². The van der Waals surface area contributed by atoms with Gasteiger partial charge in [0.1, 0.15) is 0 Å². The monoisotopic (exact) mass is 126 g/mol. The fourth-order valence-electron chi connectivity index (χ4n) is 0. The van der Waals surface area contributed by atoms with Gasteiger partial charge in [-0.25, -0.2) is 0 Å². The topological polar surface area (TPSA) is 91.5 Å². The Morgan fingerprint density at radius 3 is 0.800 bits per heavy atom. The van der Waals surface area contributed by atoms with Crippen LogP contribution in [0.5, 0.6) is 0 Å². The Hall–Kier alpha value is 1.57. The van der Waals surface area contributed by atoms with Gasteiger partial charge in [0, 0.05) is 0 Å². The Morgan fingerprint density at radius 1 is 0.800 bits per heavy atom. The molecular weight excluding hydrogens is 119 g/mol. The molecule has 0 heterocycles. The summed E-state index contributed by atoms with van der Waals surface area (Å²) in [4.78, 5) is 0. The van der Waals surface area contributed by atoms with Gasteiger partial charge in [-0.3, -0.25) is 0 Å². The third kappa shape index (κ3) is 28.8. The second-order valence-corrected chi connectivity index (χ2v) is 0. The van der Waals surface area contributed by atoms with Gasteiger partial charge in [0.15, 0.2) is 0 Å². The summed E-state index contributed by atoms with van der Waals surface area (Å²) < 4.78 is 0. The van der Waals surface area contributed by atoms with E-state index in [0.29, 0.717) is 0 Å². The minimum absolute atomic E-state index is 0. The molecular formula is H7CaO3P. The maximum absolute atomic E-state index is 0. The van der Waals surface area contributed by atoms with E-state index in [0.717, 1.165) is 0 Å². The first-order valence-corrected chi connectivity index (χ1v) is 0. The summed E-state index contributed by atoms with van der Waals surface area (Å²) in [7, 11) is 0. The van der Waals surface area contributed by atoms with E-state index in [1.54, 1.807) is 0 Å². The predicted octanol–water partition coefficient (Wildman–Crippen LogP) is -1.50. The van der Waals surface area contributed by atoms with Gasteiger partial charge >= 0.3 is 37.7 Å². The molecule has 4 N–H and O–H groups in total. The molecule has 0 rings (SSSR count). The normalized spacial score (nSPS) is 0. The first-order valence-electron chi connectivity index (χ1n) is 0. The van der Waals surface area contributed by atoms with Gasteiger partial charge in [-0.2, -0.15) is 9.90 Å². The molecule has 1 unspecified atom stereocenters. The second kappa shape index (κ2) is 47.2. The minimum atomic E-state index is 0. The van der Waals surface area contributed by atoms with E-state index in [-0.39, 0.29) is 64.1 Å². The van der Waals surface area contributed by atoms with Crippen molar-refractivity contribution in [2.45, 2.75) is 0 Å². The average molecular weight is 126 g/mol. The molecule has 0 saturated carbocycles. The molecule has 32 valence electrons. The van der Waals surface area contributed by atoms with Crippen molar-refractivity contribution in [3.05, 3.63) is 0 Å². The van der Waals surface area contributed by atoms with Crippen molar-refractivity contribution in [3.63, 3.8) is 0 Å². The zero-order valence-corrected chi connectivity index (χ0v) is 6.43. The van der Waals surface area contributed by atoms with Crippen LogP contribution in [0.1, 0.15) is 0 Å². The van der Waals surface area contributed by atoms with Crippen molar-refractivity contribution < 1.29 is 16.4 Å². The van der Waals surface area contributed by atoms with Crippen molar-refractivity contribution in [1.82, 2.24) is 0 Å². The van der Waals surface area contributed by atoms with Crippen LogP contribution in [-0.2, 0) is 0 Å². The molecule has 0 aromatic rings. The SMILES string of the molecule is O.P.[Ca+2].[OH-].[OH-]. The summed E-state index contributed by atoms with van der Waals surface area (Å²) in [6.45, 7) is 0. The maximum Gasteiger partial charge on any atom is 2.00 e. The van der Waals surface area contributed by atoms with E-state index in [1.807, 2.05) is 0 Å². The number of rotatable bonds is 0. The van der Waals surface area contributed by atoms with Crippen LogP contribution in [0.3, 0.4) is 0 Å². The molecule has 0 radical (unpaired) electrons. The molecule has 0 aliphatic carbocycles. The van der Waals surface area contributed by atoms with Gasteiger partial charge in [-0.1, -0.05) is 0 Å². The van der Waals surface area contributed by atoms with Crippen LogP contribution in [0.25, 0.3) is 0 Å². The van der Waals surface area contributed by atoms with Crippen LogP contribution in [0.4, 0.5) is 0 Å². The van der Waals surface area contributed by atoms with Gasteiger partial charge in [-0.15, -0.1) is 0 Å². The molecule has 0 spiro atoms. The van der Waals surface area contributed by atoms with E-state index in [1.165, 1.54) is 0 Å². The molecule has 3 nitrogen and oxygen atoms in total. The van der Waals surface area contributed by atoms with Crippen molar-refractivity contribution >= 4 is 47.6 Å². The summed E-state index contributed by atoms with van der Waals surface area (Å²) in [5.41, 5.74) is 0. The molecule has 0 amide bonds. The van der Waals surface area contributed by atoms with Crippen LogP contribution in [0.15, 0.2) is 0 Å². The quantitative estimate of drug-likeness (QED) is 0.292. The summed E-state index contributed by atoms with van der Waals surface area (Å²) >= 11 is 0. The van der Waals surface area contributed by atoms with Gasteiger partial charge in [-0.05, 0) is 0 Å². The third-order valence-electron chi connectivity index (χ3n) is 0. The van der Waals surface area contributed by atoms with Crippen molar-refractivity contribution in [2.75, 3.05) is 0 Å². The Balaban J connectivity index is 0. The van der Waals surface area contributed by atoms with E-state index in [9.17, 15) is 0 Å². The van der Waals surface area contributed by atoms with Crippen LogP contribution in [0.2, 0.25) is 0 Å².